The van der Waals surface area contributed by atoms with Crippen molar-refractivity contribution in [2.75, 3.05) is 13.1 Å². The summed E-state index contributed by atoms with van der Waals surface area (Å²) in [4.78, 5) is 10.9. The van der Waals surface area contributed by atoms with Gasteiger partial charge >= 0.3 is 0 Å². The number of nitrogens with one attached hydrogen (secondary N) is 1. The van der Waals surface area contributed by atoms with E-state index in [1.54, 1.807) is 6.92 Å². The highest BCUT2D eigenvalue weighted by molar-refractivity contribution is 5.75. The number of rotatable bonds is 6. The SMILES string of the molecule is CC(O)CCNC(=O)CCCN. The van der Waals surface area contributed by atoms with Crippen LogP contribution in [0.5, 0.6) is 0 Å². The molecule has 0 radical (unpaired) electrons. The molecule has 12 heavy (non-hydrogen) atoms. The van der Waals surface area contributed by atoms with Crippen molar-refractivity contribution >= 4 is 5.91 Å². The van der Waals surface area contributed by atoms with Gasteiger partial charge in [0.05, 0.1) is 6.10 Å². The Balaban J connectivity index is 3.20. The van der Waals surface area contributed by atoms with Crippen molar-refractivity contribution in [1.82, 2.24) is 5.32 Å². The highest BCUT2D eigenvalue weighted by Gasteiger charge is 2.00. The van der Waals surface area contributed by atoms with Crippen LogP contribution in [0.25, 0.3) is 0 Å². The molecule has 1 amide bonds. The number of carbonyl (C=O) groups is 1. The van der Waals surface area contributed by atoms with E-state index in [0.29, 0.717) is 25.9 Å². The summed E-state index contributed by atoms with van der Waals surface area (Å²) in [6.07, 6.45) is 1.46. The van der Waals surface area contributed by atoms with Crippen LogP contribution in [0.3, 0.4) is 0 Å². The van der Waals surface area contributed by atoms with Crippen LogP contribution in [0, 0.1) is 0 Å². The molecule has 72 valence electrons. The monoisotopic (exact) mass is 174 g/mol. The van der Waals surface area contributed by atoms with E-state index in [1.165, 1.54) is 0 Å². The van der Waals surface area contributed by atoms with Gasteiger partial charge in [-0.1, -0.05) is 0 Å². The first kappa shape index (κ1) is 11.4. The smallest absolute Gasteiger partial charge is 0.220 e. The van der Waals surface area contributed by atoms with E-state index >= 15 is 0 Å². The van der Waals surface area contributed by atoms with Gasteiger partial charge in [-0.25, -0.2) is 0 Å². The number of aliphatic hydroxyl groups excluding tert-OH is 1. The van der Waals surface area contributed by atoms with E-state index in [2.05, 4.69) is 5.32 Å². The zero-order chi connectivity index (χ0) is 9.40. The summed E-state index contributed by atoms with van der Waals surface area (Å²) in [5.74, 6) is 0.0149. The molecule has 0 aromatic rings. The predicted octanol–water partition coefficient (Wildman–Crippen LogP) is -0.388. The van der Waals surface area contributed by atoms with Gasteiger partial charge in [-0.3, -0.25) is 4.79 Å². The number of carbonyl (C=O) groups excluding carboxylic acids is 1. The molecule has 1 atom stereocenters. The van der Waals surface area contributed by atoms with E-state index in [4.69, 9.17) is 10.8 Å². The zero-order valence-corrected chi connectivity index (χ0v) is 7.55. The minimum Gasteiger partial charge on any atom is -0.393 e. The van der Waals surface area contributed by atoms with Gasteiger partial charge < -0.3 is 16.2 Å². The molecule has 0 saturated heterocycles. The molecule has 0 rings (SSSR count). The number of amides is 1. The lowest BCUT2D eigenvalue weighted by atomic mass is 10.2. The van der Waals surface area contributed by atoms with Crippen LogP contribution < -0.4 is 11.1 Å². The Morgan fingerprint density at radius 2 is 2.33 bits per heavy atom. The Labute approximate surface area is 73.1 Å². The van der Waals surface area contributed by atoms with Gasteiger partial charge in [0.1, 0.15) is 0 Å². The molecular weight excluding hydrogens is 156 g/mol. The second-order valence-electron chi connectivity index (χ2n) is 2.88. The maximum Gasteiger partial charge on any atom is 0.220 e. The first-order valence-corrected chi connectivity index (χ1v) is 4.31. The molecule has 1 unspecified atom stereocenters. The lowest BCUT2D eigenvalue weighted by molar-refractivity contribution is -0.121. The van der Waals surface area contributed by atoms with E-state index in [0.717, 1.165) is 6.42 Å². The third kappa shape index (κ3) is 7.50. The minimum absolute atomic E-state index is 0.0149. The van der Waals surface area contributed by atoms with E-state index < -0.39 is 0 Å². The molecule has 0 aromatic heterocycles. The standard InChI is InChI=1S/C8H18N2O2/c1-7(11)4-6-10-8(12)3-2-5-9/h7,11H,2-6,9H2,1H3,(H,10,12). The van der Waals surface area contributed by atoms with Crippen LogP contribution in [0.1, 0.15) is 26.2 Å². The average molecular weight is 174 g/mol. The number of hydrogen-bond acceptors (Lipinski definition) is 3. The summed E-state index contributed by atoms with van der Waals surface area (Å²) in [6, 6.07) is 0. The van der Waals surface area contributed by atoms with Gasteiger partial charge in [-0.2, -0.15) is 0 Å². The Morgan fingerprint density at radius 3 is 2.83 bits per heavy atom. The minimum atomic E-state index is -0.347. The molecule has 0 saturated carbocycles. The highest BCUT2D eigenvalue weighted by Crippen LogP contribution is 1.88. The lowest BCUT2D eigenvalue weighted by Crippen LogP contribution is -2.26. The van der Waals surface area contributed by atoms with Gasteiger partial charge in [0.2, 0.25) is 5.91 Å². The quantitative estimate of drug-likeness (QED) is 0.513. The van der Waals surface area contributed by atoms with Crippen molar-refractivity contribution in [2.24, 2.45) is 5.73 Å². The van der Waals surface area contributed by atoms with Crippen LogP contribution in [0.15, 0.2) is 0 Å². The Kier molecular flexibility index (Phi) is 6.70. The topological polar surface area (TPSA) is 75.3 Å². The molecule has 4 N–H and O–H groups in total. The van der Waals surface area contributed by atoms with E-state index in [1.807, 2.05) is 0 Å². The van der Waals surface area contributed by atoms with Gasteiger partial charge in [0.15, 0.2) is 0 Å². The third-order valence-electron chi connectivity index (χ3n) is 1.49. The van der Waals surface area contributed by atoms with Crippen LogP contribution in [0.2, 0.25) is 0 Å². The first-order valence-electron chi connectivity index (χ1n) is 4.31. The fourth-order valence-corrected chi connectivity index (χ4v) is 0.771. The maximum atomic E-state index is 10.9. The summed E-state index contributed by atoms with van der Waals surface area (Å²) in [5, 5.41) is 11.6. The lowest BCUT2D eigenvalue weighted by Gasteiger charge is -2.05. The van der Waals surface area contributed by atoms with E-state index in [-0.39, 0.29) is 12.0 Å². The van der Waals surface area contributed by atoms with Gasteiger partial charge in [-0.15, -0.1) is 0 Å². The molecule has 0 aliphatic carbocycles. The molecule has 0 aliphatic heterocycles. The van der Waals surface area contributed by atoms with Crippen LogP contribution >= 0.6 is 0 Å². The predicted molar refractivity (Wildman–Crippen MR) is 47.6 cm³/mol. The van der Waals surface area contributed by atoms with Crippen molar-refractivity contribution < 1.29 is 9.90 Å². The van der Waals surface area contributed by atoms with Crippen molar-refractivity contribution in [3.63, 3.8) is 0 Å². The highest BCUT2D eigenvalue weighted by atomic mass is 16.3. The normalized spacial score (nSPS) is 12.6. The largest absolute Gasteiger partial charge is 0.393 e. The van der Waals surface area contributed by atoms with Crippen molar-refractivity contribution in [1.29, 1.82) is 0 Å². The second kappa shape index (κ2) is 7.06. The van der Waals surface area contributed by atoms with Crippen LogP contribution in [0.4, 0.5) is 0 Å². The summed E-state index contributed by atoms with van der Waals surface area (Å²) < 4.78 is 0. The molecule has 4 heteroatoms. The zero-order valence-electron chi connectivity index (χ0n) is 7.55. The Hall–Kier alpha value is -0.610. The summed E-state index contributed by atoms with van der Waals surface area (Å²) in [7, 11) is 0. The Morgan fingerprint density at radius 1 is 1.67 bits per heavy atom. The molecular formula is C8H18N2O2. The van der Waals surface area contributed by atoms with Gasteiger partial charge in [0, 0.05) is 13.0 Å². The van der Waals surface area contributed by atoms with Gasteiger partial charge in [0.25, 0.3) is 0 Å². The van der Waals surface area contributed by atoms with Crippen LogP contribution in [-0.2, 0) is 4.79 Å². The summed E-state index contributed by atoms with van der Waals surface area (Å²) in [6.45, 7) is 2.79. The molecule has 0 fully saturated rings. The Bertz CT molecular complexity index is 126. The summed E-state index contributed by atoms with van der Waals surface area (Å²) >= 11 is 0. The molecule has 0 aromatic carbocycles. The molecule has 0 spiro atoms. The average Bonchev–Trinajstić information content (AvgIpc) is 2.00. The maximum absolute atomic E-state index is 10.9. The fraction of sp³-hybridized carbons (Fsp3) is 0.875. The molecule has 0 aliphatic rings. The number of hydrogen-bond donors (Lipinski definition) is 3. The van der Waals surface area contributed by atoms with Crippen molar-refractivity contribution in [3.05, 3.63) is 0 Å². The fourth-order valence-electron chi connectivity index (χ4n) is 0.771. The number of aliphatic hydroxyl groups is 1. The molecule has 0 heterocycles. The third-order valence-corrected chi connectivity index (χ3v) is 1.49. The van der Waals surface area contributed by atoms with Crippen molar-refractivity contribution in [3.8, 4) is 0 Å². The molecule has 0 bridgehead atoms. The number of nitrogens with two attached hydrogens (primary N) is 1. The molecule has 4 nitrogen and oxygen atoms in total. The van der Waals surface area contributed by atoms with Crippen LogP contribution in [-0.4, -0.2) is 30.2 Å². The second-order valence-corrected chi connectivity index (χ2v) is 2.88. The van der Waals surface area contributed by atoms with E-state index in [9.17, 15) is 4.79 Å². The summed E-state index contributed by atoms with van der Waals surface area (Å²) in [5.41, 5.74) is 5.23. The first-order chi connectivity index (χ1) is 5.66. The van der Waals surface area contributed by atoms with Gasteiger partial charge in [-0.05, 0) is 26.3 Å². The van der Waals surface area contributed by atoms with Crippen molar-refractivity contribution in [2.45, 2.75) is 32.3 Å².